The average Bonchev–Trinajstić information content (AvgIpc) is 3.28. The van der Waals surface area contributed by atoms with Crippen molar-refractivity contribution in [1.29, 1.82) is 0 Å². The second-order valence-corrected chi connectivity index (χ2v) is 9.58. The van der Waals surface area contributed by atoms with Crippen LogP contribution in [0, 0.1) is 0 Å². The van der Waals surface area contributed by atoms with E-state index in [9.17, 15) is 9.59 Å². The maximum absolute atomic E-state index is 13.7. The summed E-state index contributed by atoms with van der Waals surface area (Å²) in [6.45, 7) is 3.47. The Labute approximate surface area is 199 Å². The van der Waals surface area contributed by atoms with Gasteiger partial charge < -0.3 is 15.2 Å². The number of nitrogens with one attached hydrogen (secondary N) is 1. The van der Waals surface area contributed by atoms with Crippen molar-refractivity contribution < 1.29 is 19.4 Å². The molecule has 1 saturated heterocycles. The number of carboxylic acid groups (broad SMARTS) is 1. The highest BCUT2D eigenvalue weighted by molar-refractivity contribution is 6.30. The summed E-state index contributed by atoms with van der Waals surface area (Å²) in [5, 5.41) is 13.0. The molecule has 0 spiro atoms. The number of hydrogen-bond donors (Lipinski definition) is 2. The summed E-state index contributed by atoms with van der Waals surface area (Å²) in [7, 11) is 0. The first kappa shape index (κ1) is 23.6. The number of carbonyl (C=O) groups is 2. The van der Waals surface area contributed by atoms with Gasteiger partial charge in [-0.2, -0.15) is 0 Å². The Balaban J connectivity index is 1.45. The molecule has 1 heterocycles. The number of likely N-dealkylation sites (tertiary alicyclic amines) is 1. The quantitative estimate of drug-likeness (QED) is 0.590. The zero-order chi connectivity index (χ0) is 23.4. The third-order valence-electron chi connectivity index (χ3n) is 6.96. The van der Waals surface area contributed by atoms with Gasteiger partial charge in [0.2, 0.25) is 5.91 Å². The minimum Gasteiger partial charge on any atom is -0.489 e. The molecule has 2 N–H and O–H groups in total. The van der Waals surface area contributed by atoms with Crippen LogP contribution >= 0.6 is 11.6 Å². The van der Waals surface area contributed by atoms with Crippen molar-refractivity contribution in [3.8, 4) is 5.75 Å². The van der Waals surface area contributed by atoms with Crippen molar-refractivity contribution in [1.82, 2.24) is 10.2 Å². The van der Waals surface area contributed by atoms with Gasteiger partial charge in [-0.15, -0.1) is 0 Å². The van der Waals surface area contributed by atoms with E-state index in [-0.39, 0.29) is 23.6 Å². The maximum Gasteiger partial charge on any atom is 0.335 e. The molecule has 4 rings (SSSR count). The lowest BCUT2D eigenvalue weighted by Crippen LogP contribution is -2.59. The minimum absolute atomic E-state index is 0.0241. The number of aromatic carboxylic acids is 1. The van der Waals surface area contributed by atoms with Crippen LogP contribution in [0.25, 0.3) is 0 Å². The van der Waals surface area contributed by atoms with Crippen molar-refractivity contribution in [3.05, 3.63) is 64.7 Å². The molecule has 2 atom stereocenters. The highest BCUT2D eigenvalue weighted by Crippen LogP contribution is 2.37. The number of ether oxygens (including phenoxy) is 1. The van der Waals surface area contributed by atoms with Crippen LogP contribution in [0.1, 0.15) is 67.4 Å². The number of carboxylic acids is 1. The van der Waals surface area contributed by atoms with E-state index in [0.29, 0.717) is 11.6 Å². The molecule has 0 radical (unpaired) electrons. The van der Waals surface area contributed by atoms with E-state index in [0.717, 1.165) is 56.4 Å². The lowest BCUT2D eigenvalue weighted by molar-refractivity contribution is -0.136. The van der Waals surface area contributed by atoms with Crippen LogP contribution in [-0.4, -0.2) is 46.6 Å². The SMILES string of the molecule is C[C@H](NC(=O)C1(N2CC[C@@H](Oc3cccc(Cl)c3)C2)CCCCC1)c1ccc(C(=O)O)cc1. The van der Waals surface area contributed by atoms with Crippen LogP contribution in [0.15, 0.2) is 48.5 Å². The first-order chi connectivity index (χ1) is 15.9. The summed E-state index contributed by atoms with van der Waals surface area (Å²) >= 11 is 6.10. The standard InChI is InChI=1S/C26H31ClN2O4/c1-18(19-8-10-20(11-9-19)24(30)31)28-25(32)26(13-3-2-4-14-26)29-15-12-23(17-29)33-22-7-5-6-21(27)16-22/h5-11,16,18,23H,2-4,12-15,17H2,1H3,(H,28,32)(H,30,31)/t18-,23+/m0/s1. The molecule has 0 unspecified atom stereocenters. The van der Waals surface area contributed by atoms with E-state index < -0.39 is 11.5 Å². The molecule has 2 aromatic rings. The Hall–Kier alpha value is -2.57. The highest BCUT2D eigenvalue weighted by atomic mass is 35.5. The molecule has 2 fully saturated rings. The minimum atomic E-state index is -0.956. The molecule has 0 aromatic heterocycles. The smallest absolute Gasteiger partial charge is 0.335 e. The van der Waals surface area contributed by atoms with E-state index in [2.05, 4.69) is 10.2 Å². The summed E-state index contributed by atoms with van der Waals surface area (Å²) in [4.78, 5) is 27.1. The summed E-state index contributed by atoms with van der Waals surface area (Å²) in [5.41, 5.74) is 0.603. The van der Waals surface area contributed by atoms with E-state index in [1.165, 1.54) is 0 Å². The Morgan fingerprint density at radius 1 is 1.15 bits per heavy atom. The fourth-order valence-electron chi connectivity index (χ4n) is 5.10. The first-order valence-electron chi connectivity index (χ1n) is 11.7. The van der Waals surface area contributed by atoms with Gasteiger partial charge in [-0.1, -0.05) is 49.1 Å². The van der Waals surface area contributed by atoms with Crippen LogP contribution in [0.4, 0.5) is 0 Å². The molecule has 176 valence electrons. The first-order valence-corrected chi connectivity index (χ1v) is 12.1. The topological polar surface area (TPSA) is 78.9 Å². The molecule has 7 heteroatoms. The average molecular weight is 471 g/mol. The van der Waals surface area contributed by atoms with Gasteiger partial charge in [0.25, 0.3) is 0 Å². The van der Waals surface area contributed by atoms with Crippen LogP contribution in [0.2, 0.25) is 5.02 Å². The van der Waals surface area contributed by atoms with Crippen molar-refractivity contribution in [2.45, 2.75) is 63.1 Å². The Bertz CT molecular complexity index is 988. The highest BCUT2D eigenvalue weighted by Gasteiger charge is 2.47. The summed E-state index contributed by atoms with van der Waals surface area (Å²) in [5.74, 6) is -0.140. The van der Waals surface area contributed by atoms with Crippen LogP contribution in [0.5, 0.6) is 5.75 Å². The van der Waals surface area contributed by atoms with Gasteiger partial charge >= 0.3 is 5.97 Å². The van der Waals surface area contributed by atoms with Crippen molar-refractivity contribution in [2.75, 3.05) is 13.1 Å². The maximum atomic E-state index is 13.7. The van der Waals surface area contributed by atoms with Gasteiger partial charge in [-0.25, -0.2) is 4.79 Å². The van der Waals surface area contributed by atoms with Crippen molar-refractivity contribution >= 4 is 23.5 Å². The normalized spacial score (nSPS) is 21.3. The summed E-state index contributed by atoms with van der Waals surface area (Å²) < 4.78 is 6.18. The summed E-state index contributed by atoms with van der Waals surface area (Å²) in [6, 6.07) is 13.9. The monoisotopic (exact) mass is 470 g/mol. The molecule has 0 bridgehead atoms. The number of rotatable bonds is 7. The van der Waals surface area contributed by atoms with Crippen molar-refractivity contribution in [2.24, 2.45) is 0 Å². The molecule has 1 aliphatic carbocycles. The number of amides is 1. The molecule has 33 heavy (non-hydrogen) atoms. The zero-order valence-corrected chi connectivity index (χ0v) is 19.7. The molecular formula is C26H31ClN2O4. The van der Waals surface area contributed by atoms with E-state index in [1.54, 1.807) is 24.3 Å². The Morgan fingerprint density at radius 3 is 2.55 bits per heavy atom. The third-order valence-corrected chi connectivity index (χ3v) is 7.19. The van der Waals surface area contributed by atoms with Crippen LogP contribution in [0.3, 0.4) is 0 Å². The van der Waals surface area contributed by atoms with E-state index >= 15 is 0 Å². The third kappa shape index (κ3) is 5.33. The number of halogens is 1. The predicted molar refractivity (Wildman–Crippen MR) is 128 cm³/mol. The number of hydrogen-bond acceptors (Lipinski definition) is 4. The fraction of sp³-hybridized carbons (Fsp3) is 0.462. The largest absolute Gasteiger partial charge is 0.489 e. The number of carbonyl (C=O) groups excluding carboxylic acids is 1. The Morgan fingerprint density at radius 2 is 1.88 bits per heavy atom. The molecule has 2 aromatic carbocycles. The predicted octanol–water partition coefficient (Wildman–Crippen LogP) is 5.07. The second kappa shape index (κ2) is 10.1. The van der Waals surface area contributed by atoms with Gasteiger partial charge in [0.05, 0.1) is 11.6 Å². The van der Waals surface area contributed by atoms with Crippen LogP contribution < -0.4 is 10.1 Å². The lowest BCUT2D eigenvalue weighted by atomic mass is 9.79. The molecule has 1 aliphatic heterocycles. The second-order valence-electron chi connectivity index (χ2n) is 9.15. The molecular weight excluding hydrogens is 440 g/mol. The van der Waals surface area contributed by atoms with Gasteiger partial charge in [-0.05, 0) is 62.1 Å². The fourth-order valence-corrected chi connectivity index (χ4v) is 5.28. The summed E-state index contributed by atoms with van der Waals surface area (Å²) in [6.07, 6.45) is 5.79. The van der Waals surface area contributed by atoms with Crippen molar-refractivity contribution in [3.63, 3.8) is 0 Å². The molecule has 2 aliphatic rings. The number of nitrogens with zero attached hydrogens (tertiary/aromatic N) is 1. The van der Waals surface area contributed by atoms with Gasteiger partial charge in [-0.3, -0.25) is 9.69 Å². The van der Waals surface area contributed by atoms with Gasteiger partial charge in [0.15, 0.2) is 0 Å². The molecule has 6 nitrogen and oxygen atoms in total. The van der Waals surface area contributed by atoms with E-state index in [4.69, 9.17) is 21.4 Å². The van der Waals surface area contributed by atoms with E-state index in [1.807, 2.05) is 31.2 Å². The number of benzene rings is 2. The van der Waals surface area contributed by atoms with Gasteiger partial charge in [0, 0.05) is 18.1 Å². The lowest BCUT2D eigenvalue weighted by Gasteiger charge is -2.43. The molecule has 1 saturated carbocycles. The zero-order valence-electron chi connectivity index (χ0n) is 18.9. The van der Waals surface area contributed by atoms with Gasteiger partial charge in [0.1, 0.15) is 17.4 Å². The molecule has 1 amide bonds. The van der Waals surface area contributed by atoms with Crippen LogP contribution in [-0.2, 0) is 4.79 Å². The Kier molecular flexibility index (Phi) is 7.25.